The first-order chi connectivity index (χ1) is 11.5. The molecule has 0 amide bonds. The highest BCUT2D eigenvalue weighted by Gasteiger charge is 2.11. The van der Waals surface area contributed by atoms with Gasteiger partial charge in [-0.25, -0.2) is 0 Å². The van der Waals surface area contributed by atoms with Crippen LogP contribution in [0.25, 0.3) is 0 Å². The van der Waals surface area contributed by atoms with Crippen LogP contribution in [-0.2, 0) is 0 Å². The summed E-state index contributed by atoms with van der Waals surface area (Å²) in [7, 11) is 3.05. The topological polar surface area (TPSA) is 92.3 Å². The summed E-state index contributed by atoms with van der Waals surface area (Å²) in [6.45, 7) is 0. The van der Waals surface area contributed by atoms with Gasteiger partial charge in [0.25, 0.3) is 0 Å². The van der Waals surface area contributed by atoms with Crippen LogP contribution in [0.5, 0.6) is 11.5 Å². The van der Waals surface area contributed by atoms with E-state index in [2.05, 4.69) is 10.6 Å². The van der Waals surface area contributed by atoms with Crippen LogP contribution in [0.1, 0.15) is 5.56 Å². The van der Waals surface area contributed by atoms with E-state index in [0.29, 0.717) is 44.3 Å². The summed E-state index contributed by atoms with van der Waals surface area (Å²) in [6.07, 6.45) is 0. The molecule has 0 aromatic heterocycles. The molecular formula is C16H15ClN4O2S. The van der Waals surface area contributed by atoms with Crippen molar-refractivity contribution in [3.05, 3.63) is 40.9 Å². The predicted octanol–water partition coefficient (Wildman–Crippen LogP) is 3.62. The number of anilines is 3. The van der Waals surface area contributed by atoms with E-state index in [9.17, 15) is 0 Å². The van der Waals surface area contributed by atoms with Crippen molar-refractivity contribution in [3.63, 3.8) is 0 Å². The number of nitriles is 1. The second kappa shape index (κ2) is 7.73. The molecule has 0 atom stereocenters. The van der Waals surface area contributed by atoms with Crippen LogP contribution >= 0.6 is 23.8 Å². The van der Waals surface area contributed by atoms with Crippen molar-refractivity contribution in [1.82, 2.24) is 0 Å². The van der Waals surface area contributed by atoms with Crippen molar-refractivity contribution in [2.45, 2.75) is 0 Å². The molecule has 0 heterocycles. The summed E-state index contributed by atoms with van der Waals surface area (Å²) < 4.78 is 10.4. The van der Waals surface area contributed by atoms with Crippen LogP contribution in [0.4, 0.5) is 17.1 Å². The normalized spacial score (nSPS) is 9.75. The largest absolute Gasteiger partial charge is 0.495 e. The van der Waals surface area contributed by atoms with Crippen molar-refractivity contribution in [2.75, 3.05) is 30.6 Å². The van der Waals surface area contributed by atoms with Gasteiger partial charge >= 0.3 is 0 Å². The molecule has 2 aromatic rings. The molecule has 0 saturated heterocycles. The number of benzene rings is 2. The van der Waals surface area contributed by atoms with Crippen molar-refractivity contribution < 1.29 is 9.47 Å². The fourth-order valence-corrected chi connectivity index (χ4v) is 2.44. The molecule has 0 spiro atoms. The zero-order chi connectivity index (χ0) is 17.7. The third kappa shape index (κ3) is 3.98. The molecule has 0 aliphatic rings. The number of nitrogens with one attached hydrogen (secondary N) is 2. The van der Waals surface area contributed by atoms with Crippen LogP contribution < -0.4 is 25.8 Å². The first-order valence-electron chi connectivity index (χ1n) is 6.77. The Hall–Kier alpha value is -2.69. The number of ether oxygens (including phenoxy) is 2. The minimum absolute atomic E-state index is 0.309. The van der Waals surface area contributed by atoms with Gasteiger partial charge in [-0.15, -0.1) is 0 Å². The smallest absolute Gasteiger partial charge is 0.175 e. The summed E-state index contributed by atoms with van der Waals surface area (Å²) in [5.41, 5.74) is 7.69. The van der Waals surface area contributed by atoms with Gasteiger partial charge in [0.2, 0.25) is 0 Å². The molecule has 0 radical (unpaired) electrons. The molecule has 0 aliphatic carbocycles. The number of halogens is 1. The lowest BCUT2D eigenvalue weighted by atomic mass is 10.2. The quantitative estimate of drug-likeness (QED) is 0.565. The minimum Gasteiger partial charge on any atom is -0.495 e. The molecule has 0 unspecified atom stereocenters. The number of hydrogen-bond donors (Lipinski definition) is 3. The maximum absolute atomic E-state index is 9.01. The average molecular weight is 363 g/mol. The molecule has 124 valence electrons. The molecule has 4 N–H and O–H groups in total. The Bertz CT molecular complexity index is 820. The fraction of sp³-hybridized carbons (Fsp3) is 0.125. The standard InChI is InChI=1S/C16H15ClN4O2S/c1-22-14-7-15(23-2)13(6-11(14)17)21-16(24)20-10-3-4-12(19)9(5-10)8-18/h3-7H,19H2,1-2H3,(H2,20,21,24). The van der Waals surface area contributed by atoms with E-state index in [-0.39, 0.29) is 0 Å². The molecule has 24 heavy (non-hydrogen) atoms. The van der Waals surface area contributed by atoms with E-state index in [1.54, 1.807) is 30.3 Å². The zero-order valence-electron chi connectivity index (χ0n) is 13.0. The van der Waals surface area contributed by atoms with Gasteiger partial charge in [-0.2, -0.15) is 5.26 Å². The predicted molar refractivity (Wildman–Crippen MR) is 100.0 cm³/mol. The van der Waals surface area contributed by atoms with Gasteiger partial charge < -0.3 is 25.8 Å². The van der Waals surface area contributed by atoms with Crippen molar-refractivity contribution in [3.8, 4) is 17.6 Å². The number of nitrogens with zero attached hydrogens (tertiary/aromatic N) is 1. The average Bonchev–Trinajstić information content (AvgIpc) is 2.56. The lowest BCUT2D eigenvalue weighted by Crippen LogP contribution is -2.19. The van der Waals surface area contributed by atoms with E-state index < -0.39 is 0 Å². The lowest BCUT2D eigenvalue weighted by Gasteiger charge is -2.15. The summed E-state index contributed by atoms with van der Waals surface area (Å²) >= 11 is 11.4. The third-order valence-corrected chi connectivity index (χ3v) is 3.65. The molecule has 0 saturated carbocycles. The van der Waals surface area contributed by atoms with Crippen LogP contribution in [0.3, 0.4) is 0 Å². The highest BCUT2D eigenvalue weighted by Crippen LogP contribution is 2.36. The number of methoxy groups -OCH3 is 2. The lowest BCUT2D eigenvalue weighted by molar-refractivity contribution is 0.396. The SMILES string of the molecule is COc1cc(OC)c(NC(=S)Nc2ccc(N)c(C#N)c2)cc1Cl. The van der Waals surface area contributed by atoms with Gasteiger partial charge in [0.15, 0.2) is 5.11 Å². The van der Waals surface area contributed by atoms with Crippen LogP contribution in [-0.4, -0.2) is 19.3 Å². The highest BCUT2D eigenvalue weighted by atomic mass is 35.5. The van der Waals surface area contributed by atoms with Crippen LogP contribution in [0, 0.1) is 11.3 Å². The second-order valence-corrected chi connectivity index (χ2v) is 5.50. The van der Waals surface area contributed by atoms with Crippen molar-refractivity contribution in [1.29, 1.82) is 5.26 Å². The zero-order valence-corrected chi connectivity index (χ0v) is 14.6. The molecule has 6 nitrogen and oxygen atoms in total. The molecule has 2 aromatic carbocycles. The number of rotatable bonds is 4. The highest BCUT2D eigenvalue weighted by molar-refractivity contribution is 7.80. The molecule has 0 aliphatic heterocycles. The molecule has 2 rings (SSSR count). The third-order valence-electron chi connectivity index (χ3n) is 3.15. The van der Waals surface area contributed by atoms with E-state index in [1.807, 2.05) is 6.07 Å². The van der Waals surface area contributed by atoms with Crippen LogP contribution in [0.2, 0.25) is 5.02 Å². The second-order valence-electron chi connectivity index (χ2n) is 4.68. The Labute approximate surface area is 150 Å². The summed E-state index contributed by atoms with van der Waals surface area (Å²) in [6, 6.07) is 10.3. The summed E-state index contributed by atoms with van der Waals surface area (Å²) in [5, 5.41) is 15.7. The first-order valence-corrected chi connectivity index (χ1v) is 7.56. The Morgan fingerprint density at radius 2 is 1.88 bits per heavy atom. The number of nitrogens with two attached hydrogens (primary N) is 1. The van der Waals surface area contributed by atoms with E-state index in [1.165, 1.54) is 14.2 Å². The molecule has 8 heteroatoms. The Kier molecular flexibility index (Phi) is 5.68. The molecular weight excluding hydrogens is 348 g/mol. The van der Waals surface area contributed by atoms with Crippen LogP contribution in [0.15, 0.2) is 30.3 Å². The van der Waals surface area contributed by atoms with Gasteiger partial charge in [0.1, 0.15) is 17.6 Å². The van der Waals surface area contributed by atoms with Gasteiger partial charge in [-0.05, 0) is 36.5 Å². The first kappa shape index (κ1) is 17.7. The molecule has 0 bridgehead atoms. The number of thiocarbonyl (C=S) groups is 1. The summed E-state index contributed by atoms with van der Waals surface area (Å²) in [5.74, 6) is 1.02. The van der Waals surface area contributed by atoms with Gasteiger partial charge in [0, 0.05) is 17.4 Å². The van der Waals surface area contributed by atoms with E-state index >= 15 is 0 Å². The summed E-state index contributed by atoms with van der Waals surface area (Å²) in [4.78, 5) is 0. The monoisotopic (exact) mass is 362 g/mol. The van der Waals surface area contributed by atoms with Gasteiger partial charge in [0.05, 0.1) is 30.5 Å². The Balaban J connectivity index is 2.18. The maximum atomic E-state index is 9.01. The number of hydrogen-bond acceptors (Lipinski definition) is 5. The van der Waals surface area contributed by atoms with Gasteiger partial charge in [-0.1, -0.05) is 11.6 Å². The van der Waals surface area contributed by atoms with E-state index in [0.717, 1.165) is 0 Å². The van der Waals surface area contributed by atoms with E-state index in [4.69, 9.17) is 44.3 Å². The number of nitrogen functional groups attached to an aromatic ring is 1. The van der Waals surface area contributed by atoms with Gasteiger partial charge in [-0.3, -0.25) is 0 Å². The Morgan fingerprint density at radius 1 is 1.17 bits per heavy atom. The van der Waals surface area contributed by atoms with Crippen molar-refractivity contribution in [2.24, 2.45) is 0 Å². The maximum Gasteiger partial charge on any atom is 0.175 e. The Morgan fingerprint density at radius 3 is 2.50 bits per heavy atom. The minimum atomic E-state index is 0.309. The fourth-order valence-electron chi connectivity index (χ4n) is 1.97. The molecule has 0 fully saturated rings. The van der Waals surface area contributed by atoms with Crippen molar-refractivity contribution >= 4 is 46.0 Å².